The Kier molecular flexibility index (Phi) is 3.57. The fourth-order valence-corrected chi connectivity index (χ4v) is 1.45. The number of hydrogen-bond donors (Lipinski definition) is 4. The monoisotopic (exact) mass is 215 g/mol. The van der Waals surface area contributed by atoms with E-state index in [9.17, 15) is 0 Å². The molecule has 1 aliphatic carbocycles. The lowest BCUT2D eigenvalue weighted by molar-refractivity contribution is 0.226. The topological polar surface area (TPSA) is 90.9 Å². The van der Waals surface area contributed by atoms with Crippen molar-refractivity contribution in [1.29, 1.82) is 0 Å². The maximum absolute atomic E-state index is 9.09. The second kappa shape index (κ2) is 4.37. The maximum Gasteiger partial charge on any atom is 0.144 e. The molecule has 1 saturated carbocycles. The number of nitrogens with two attached hydrogens (primary N) is 1. The quantitative estimate of drug-likeness (QED) is 0.221. The summed E-state index contributed by atoms with van der Waals surface area (Å²) in [7, 11) is 0. The van der Waals surface area contributed by atoms with Crippen LogP contribution in [0.2, 0.25) is 0 Å². The SMILES string of the molecule is CC(C)(CCNC1(CO)CC1)C(N)=NO. The lowest BCUT2D eigenvalue weighted by atomic mass is 9.88. The Hall–Kier alpha value is -0.810. The molecule has 0 aromatic heterocycles. The van der Waals surface area contributed by atoms with Gasteiger partial charge >= 0.3 is 0 Å². The van der Waals surface area contributed by atoms with Crippen molar-refractivity contribution in [3.8, 4) is 0 Å². The predicted octanol–water partition coefficient (Wildman–Crippen LogP) is 0.264. The van der Waals surface area contributed by atoms with Crippen LogP contribution in [0.5, 0.6) is 0 Å². The van der Waals surface area contributed by atoms with Crippen molar-refractivity contribution in [2.45, 2.75) is 38.6 Å². The van der Waals surface area contributed by atoms with Crippen LogP contribution in [0.1, 0.15) is 33.1 Å². The Balaban J connectivity index is 2.31. The molecule has 0 bridgehead atoms. The third kappa shape index (κ3) is 3.07. The number of aliphatic hydroxyl groups is 1. The number of rotatable bonds is 6. The molecule has 0 saturated heterocycles. The molecule has 88 valence electrons. The molecular formula is C10H21N3O2. The summed E-state index contributed by atoms with van der Waals surface area (Å²) < 4.78 is 0. The summed E-state index contributed by atoms with van der Waals surface area (Å²) in [6, 6.07) is 0. The number of aliphatic hydroxyl groups excluding tert-OH is 1. The fourth-order valence-electron chi connectivity index (χ4n) is 1.45. The second-order valence-electron chi connectivity index (χ2n) is 4.98. The molecule has 1 fully saturated rings. The van der Waals surface area contributed by atoms with Crippen LogP contribution in [0.25, 0.3) is 0 Å². The third-order valence-corrected chi connectivity index (χ3v) is 3.21. The standard InChI is InChI=1S/C10H21N3O2/c1-9(2,8(11)13-15)5-6-12-10(7-14)3-4-10/h12,14-15H,3-7H2,1-2H3,(H2,11,13). The predicted molar refractivity (Wildman–Crippen MR) is 58.9 cm³/mol. The second-order valence-corrected chi connectivity index (χ2v) is 4.98. The molecule has 0 aromatic rings. The first-order valence-electron chi connectivity index (χ1n) is 5.30. The van der Waals surface area contributed by atoms with Crippen molar-refractivity contribution < 1.29 is 10.3 Å². The van der Waals surface area contributed by atoms with Crippen molar-refractivity contribution in [1.82, 2.24) is 5.32 Å². The Morgan fingerprint density at radius 2 is 2.13 bits per heavy atom. The zero-order valence-electron chi connectivity index (χ0n) is 9.45. The molecule has 5 heteroatoms. The average molecular weight is 215 g/mol. The normalized spacial score (nSPS) is 20.3. The van der Waals surface area contributed by atoms with Gasteiger partial charge in [0.1, 0.15) is 5.84 Å². The van der Waals surface area contributed by atoms with Gasteiger partial charge < -0.3 is 21.4 Å². The van der Waals surface area contributed by atoms with E-state index in [4.69, 9.17) is 16.0 Å². The van der Waals surface area contributed by atoms with E-state index in [0.29, 0.717) is 0 Å². The van der Waals surface area contributed by atoms with Gasteiger partial charge in [-0.05, 0) is 25.8 Å². The summed E-state index contributed by atoms with van der Waals surface area (Å²) in [5.41, 5.74) is 5.22. The summed E-state index contributed by atoms with van der Waals surface area (Å²) in [6.45, 7) is 4.82. The lowest BCUT2D eigenvalue weighted by Gasteiger charge is -2.24. The zero-order valence-corrected chi connectivity index (χ0v) is 9.45. The van der Waals surface area contributed by atoms with Gasteiger partial charge in [-0.15, -0.1) is 0 Å². The molecule has 1 aliphatic rings. The Morgan fingerprint density at radius 1 is 1.53 bits per heavy atom. The molecule has 5 N–H and O–H groups in total. The molecule has 0 amide bonds. The highest BCUT2D eigenvalue weighted by Crippen LogP contribution is 2.34. The number of oxime groups is 1. The molecular weight excluding hydrogens is 194 g/mol. The molecule has 0 atom stereocenters. The van der Waals surface area contributed by atoms with Crippen molar-refractivity contribution >= 4 is 5.84 Å². The van der Waals surface area contributed by atoms with Crippen molar-refractivity contribution in [2.75, 3.05) is 13.2 Å². The van der Waals surface area contributed by atoms with Gasteiger partial charge in [0.25, 0.3) is 0 Å². The van der Waals surface area contributed by atoms with Crippen LogP contribution >= 0.6 is 0 Å². The molecule has 0 aliphatic heterocycles. The maximum atomic E-state index is 9.09. The van der Waals surface area contributed by atoms with Gasteiger partial charge in [0.05, 0.1) is 6.61 Å². The van der Waals surface area contributed by atoms with Crippen LogP contribution in [0, 0.1) is 5.41 Å². The van der Waals surface area contributed by atoms with Crippen LogP contribution in [0.15, 0.2) is 5.16 Å². The highest BCUT2D eigenvalue weighted by atomic mass is 16.4. The van der Waals surface area contributed by atoms with Crippen molar-refractivity contribution in [3.63, 3.8) is 0 Å². The number of hydrogen-bond acceptors (Lipinski definition) is 4. The minimum absolute atomic E-state index is 0.0405. The van der Waals surface area contributed by atoms with Gasteiger partial charge in [-0.2, -0.15) is 0 Å². The van der Waals surface area contributed by atoms with Crippen LogP contribution < -0.4 is 11.1 Å². The minimum atomic E-state index is -0.312. The number of amidine groups is 1. The van der Waals surface area contributed by atoms with E-state index in [0.717, 1.165) is 25.8 Å². The summed E-state index contributed by atoms with van der Waals surface area (Å²) in [6.07, 6.45) is 2.85. The number of nitrogens with one attached hydrogen (secondary N) is 1. The van der Waals surface area contributed by atoms with Gasteiger partial charge in [-0.25, -0.2) is 0 Å². The van der Waals surface area contributed by atoms with E-state index in [2.05, 4.69) is 10.5 Å². The van der Waals surface area contributed by atoms with Gasteiger partial charge in [-0.3, -0.25) is 0 Å². The van der Waals surface area contributed by atoms with Crippen LogP contribution in [-0.2, 0) is 0 Å². The highest BCUT2D eigenvalue weighted by molar-refractivity contribution is 5.85. The summed E-state index contributed by atoms with van der Waals surface area (Å²) in [5.74, 6) is 0.248. The lowest BCUT2D eigenvalue weighted by Crippen LogP contribution is -2.40. The molecule has 15 heavy (non-hydrogen) atoms. The fraction of sp³-hybridized carbons (Fsp3) is 0.900. The van der Waals surface area contributed by atoms with E-state index in [1.165, 1.54) is 0 Å². The van der Waals surface area contributed by atoms with E-state index in [1.807, 2.05) is 13.8 Å². The van der Waals surface area contributed by atoms with Gasteiger partial charge in [0, 0.05) is 11.0 Å². The highest BCUT2D eigenvalue weighted by Gasteiger charge is 2.41. The molecule has 0 aromatic carbocycles. The molecule has 0 radical (unpaired) electrons. The molecule has 0 spiro atoms. The molecule has 0 heterocycles. The summed E-state index contributed by atoms with van der Waals surface area (Å²) >= 11 is 0. The van der Waals surface area contributed by atoms with Gasteiger partial charge in [-0.1, -0.05) is 19.0 Å². The van der Waals surface area contributed by atoms with E-state index in [1.54, 1.807) is 0 Å². The molecule has 1 rings (SSSR count). The largest absolute Gasteiger partial charge is 0.409 e. The van der Waals surface area contributed by atoms with E-state index in [-0.39, 0.29) is 23.4 Å². The minimum Gasteiger partial charge on any atom is -0.409 e. The van der Waals surface area contributed by atoms with Crippen molar-refractivity contribution in [2.24, 2.45) is 16.3 Å². The average Bonchev–Trinajstić information content (AvgIpc) is 2.97. The molecule has 5 nitrogen and oxygen atoms in total. The first-order valence-corrected chi connectivity index (χ1v) is 5.30. The Bertz CT molecular complexity index is 247. The zero-order chi connectivity index (χ0) is 11.5. The summed E-state index contributed by atoms with van der Waals surface area (Å²) in [5, 5.41) is 24.0. The molecule has 0 unspecified atom stereocenters. The smallest absolute Gasteiger partial charge is 0.144 e. The summed E-state index contributed by atoms with van der Waals surface area (Å²) in [4.78, 5) is 0. The first kappa shape index (κ1) is 12.3. The van der Waals surface area contributed by atoms with Gasteiger partial charge in [0.15, 0.2) is 0 Å². The van der Waals surface area contributed by atoms with Crippen LogP contribution in [-0.4, -0.2) is 34.8 Å². The van der Waals surface area contributed by atoms with Gasteiger partial charge in [0.2, 0.25) is 0 Å². The Morgan fingerprint density at radius 3 is 2.53 bits per heavy atom. The van der Waals surface area contributed by atoms with E-state index >= 15 is 0 Å². The van der Waals surface area contributed by atoms with Crippen LogP contribution in [0.3, 0.4) is 0 Å². The Labute approximate surface area is 90.3 Å². The number of nitrogens with zero attached hydrogens (tertiary/aromatic N) is 1. The third-order valence-electron chi connectivity index (χ3n) is 3.21. The van der Waals surface area contributed by atoms with Crippen molar-refractivity contribution in [3.05, 3.63) is 0 Å². The first-order chi connectivity index (χ1) is 6.96. The van der Waals surface area contributed by atoms with E-state index < -0.39 is 0 Å². The van der Waals surface area contributed by atoms with Crippen LogP contribution in [0.4, 0.5) is 0 Å².